The second-order valence-electron chi connectivity index (χ2n) is 7.92. The molecule has 1 heterocycles. The molecule has 1 aromatic rings. The summed E-state index contributed by atoms with van der Waals surface area (Å²) in [5.41, 5.74) is 7.96. The molecular weight excluding hydrogens is 326 g/mol. The van der Waals surface area contributed by atoms with E-state index >= 15 is 0 Å². The molecule has 0 saturated heterocycles. The van der Waals surface area contributed by atoms with E-state index in [-0.39, 0.29) is 11.6 Å². The van der Waals surface area contributed by atoms with Crippen LogP contribution in [0.2, 0.25) is 0 Å². The molecule has 1 aliphatic carbocycles. The van der Waals surface area contributed by atoms with Gasteiger partial charge in [-0.1, -0.05) is 36.7 Å². The first-order chi connectivity index (χ1) is 9.79. The van der Waals surface area contributed by atoms with Gasteiger partial charge < -0.3 is 10.5 Å². The molecule has 1 aliphatic heterocycles. The van der Waals surface area contributed by atoms with Crippen molar-refractivity contribution in [1.29, 1.82) is 0 Å². The van der Waals surface area contributed by atoms with E-state index in [2.05, 4.69) is 48.8 Å². The van der Waals surface area contributed by atoms with E-state index in [9.17, 15) is 0 Å². The van der Waals surface area contributed by atoms with Gasteiger partial charge in [0.05, 0.1) is 0 Å². The first-order valence-electron chi connectivity index (χ1n) is 8.03. The molecule has 21 heavy (non-hydrogen) atoms. The van der Waals surface area contributed by atoms with E-state index in [4.69, 9.17) is 10.5 Å². The summed E-state index contributed by atoms with van der Waals surface area (Å²) in [7, 11) is 0. The predicted octanol–water partition coefficient (Wildman–Crippen LogP) is 5.21. The van der Waals surface area contributed by atoms with Crippen LogP contribution in [-0.2, 0) is 0 Å². The van der Waals surface area contributed by atoms with E-state index in [1.807, 2.05) is 6.07 Å². The van der Waals surface area contributed by atoms with Crippen molar-refractivity contribution in [3.05, 3.63) is 28.2 Å². The number of hydrogen-bond donors (Lipinski definition) is 1. The fraction of sp³-hybridized carbons (Fsp3) is 0.667. The third-order valence-corrected chi connectivity index (χ3v) is 5.90. The molecule has 0 amide bonds. The Hall–Kier alpha value is -0.540. The quantitative estimate of drug-likeness (QED) is 0.696. The highest BCUT2D eigenvalue weighted by molar-refractivity contribution is 9.10. The molecule has 2 N–H and O–H groups in total. The van der Waals surface area contributed by atoms with Gasteiger partial charge in [-0.05, 0) is 55.2 Å². The van der Waals surface area contributed by atoms with Crippen LogP contribution in [0.25, 0.3) is 0 Å². The molecule has 1 saturated carbocycles. The van der Waals surface area contributed by atoms with E-state index in [0.29, 0.717) is 5.41 Å². The topological polar surface area (TPSA) is 35.2 Å². The highest BCUT2D eigenvalue weighted by Gasteiger charge is 2.44. The lowest BCUT2D eigenvalue weighted by atomic mass is 9.66. The van der Waals surface area contributed by atoms with Gasteiger partial charge in [0.1, 0.15) is 11.4 Å². The number of ether oxygens (including phenoxy) is 1. The second-order valence-corrected chi connectivity index (χ2v) is 8.83. The number of nitrogens with two attached hydrogens (primary N) is 1. The molecule has 0 bridgehead atoms. The van der Waals surface area contributed by atoms with Gasteiger partial charge in [-0.15, -0.1) is 0 Å². The third-order valence-electron chi connectivity index (χ3n) is 5.41. The Labute approximate surface area is 136 Å². The lowest BCUT2D eigenvalue weighted by molar-refractivity contribution is -0.0254. The number of halogens is 1. The van der Waals surface area contributed by atoms with Crippen molar-refractivity contribution in [2.45, 2.75) is 64.5 Å². The van der Waals surface area contributed by atoms with Gasteiger partial charge in [-0.25, -0.2) is 0 Å². The van der Waals surface area contributed by atoms with Gasteiger partial charge in [0.25, 0.3) is 0 Å². The molecule has 116 valence electrons. The Morgan fingerprint density at radius 1 is 1.24 bits per heavy atom. The summed E-state index contributed by atoms with van der Waals surface area (Å²) < 4.78 is 7.52. The number of rotatable bonds is 0. The molecule has 2 aliphatic rings. The highest BCUT2D eigenvalue weighted by Crippen LogP contribution is 2.49. The van der Waals surface area contributed by atoms with Crippen LogP contribution >= 0.6 is 15.9 Å². The Bertz CT molecular complexity index is 527. The van der Waals surface area contributed by atoms with Crippen molar-refractivity contribution in [2.24, 2.45) is 17.1 Å². The molecule has 1 aromatic carbocycles. The van der Waals surface area contributed by atoms with Gasteiger partial charge in [0.15, 0.2) is 0 Å². The maximum absolute atomic E-state index is 6.45. The van der Waals surface area contributed by atoms with Crippen molar-refractivity contribution in [3.8, 4) is 5.75 Å². The molecular formula is C18H26BrNO. The van der Waals surface area contributed by atoms with E-state index in [1.165, 1.54) is 12.8 Å². The zero-order valence-electron chi connectivity index (χ0n) is 13.3. The van der Waals surface area contributed by atoms with Crippen molar-refractivity contribution in [1.82, 2.24) is 0 Å². The molecule has 2 nitrogen and oxygen atoms in total. The molecule has 3 heteroatoms. The molecule has 3 rings (SSSR count). The zero-order chi connectivity index (χ0) is 15.3. The lowest BCUT2D eigenvalue weighted by Crippen LogP contribution is -2.46. The monoisotopic (exact) mass is 351 g/mol. The average molecular weight is 352 g/mol. The Balaban J connectivity index is 1.79. The van der Waals surface area contributed by atoms with E-state index in [0.717, 1.165) is 41.0 Å². The molecule has 1 spiro atoms. The van der Waals surface area contributed by atoms with Crippen molar-refractivity contribution < 1.29 is 4.74 Å². The minimum Gasteiger partial charge on any atom is -0.487 e. The van der Waals surface area contributed by atoms with Crippen molar-refractivity contribution in [3.63, 3.8) is 0 Å². The maximum atomic E-state index is 6.45. The lowest BCUT2D eigenvalue weighted by Gasteiger charge is -2.47. The van der Waals surface area contributed by atoms with E-state index < -0.39 is 0 Å². The molecule has 1 fully saturated rings. The molecule has 0 unspecified atom stereocenters. The number of hydrogen-bond acceptors (Lipinski definition) is 2. The average Bonchev–Trinajstić information content (AvgIpc) is 2.39. The smallest absolute Gasteiger partial charge is 0.124 e. The first-order valence-corrected chi connectivity index (χ1v) is 8.82. The fourth-order valence-electron chi connectivity index (χ4n) is 4.00. The van der Waals surface area contributed by atoms with Crippen LogP contribution in [0.5, 0.6) is 5.75 Å². The summed E-state index contributed by atoms with van der Waals surface area (Å²) in [6, 6.07) is 6.31. The van der Waals surface area contributed by atoms with Gasteiger partial charge in [0.2, 0.25) is 0 Å². The van der Waals surface area contributed by atoms with Crippen LogP contribution in [0.3, 0.4) is 0 Å². The SMILES string of the molecule is CC(C)(C)C1CCC2(CC1)C[C@H](N)c1cc(Br)ccc1O2. The summed E-state index contributed by atoms with van der Waals surface area (Å²) in [6.45, 7) is 7.07. The van der Waals surface area contributed by atoms with Crippen LogP contribution in [0, 0.1) is 11.3 Å². The van der Waals surface area contributed by atoms with Gasteiger partial charge in [0, 0.05) is 22.5 Å². The first kappa shape index (κ1) is 15.4. The number of benzene rings is 1. The van der Waals surface area contributed by atoms with E-state index in [1.54, 1.807) is 0 Å². The van der Waals surface area contributed by atoms with Crippen LogP contribution in [0.4, 0.5) is 0 Å². The second kappa shape index (κ2) is 5.27. The predicted molar refractivity (Wildman–Crippen MR) is 90.5 cm³/mol. The molecule has 1 atom stereocenters. The summed E-state index contributed by atoms with van der Waals surface area (Å²) >= 11 is 3.52. The third kappa shape index (κ3) is 3.00. The fourth-order valence-corrected chi connectivity index (χ4v) is 4.38. The molecule has 0 radical (unpaired) electrons. The largest absolute Gasteiger partial charge is 0.487 e. The highest BCUT2D eigenvalue weighted by atomic mass is 79.9. The zero-order valence-corrected chi connectivity index (χ0v) is 14.9. The summed E-state index contributed by atoms with van der Waals surface area (Å²) in [6.07, 6.45) is 5.73. The van der Waals surface area contributed by atoms with Crippen LogP contribution in [-0.4, -0.2) is 5.60 Å². The van der Waals surface area contributed by atoms with Crippen molar-refractivity contribution in [2.75, 3.05) is 0 Å². The summed E-state index contributed by atoms with van der Waals surface area (Å²) in [4.78, 5) is 0. The van der Waals surface area contributed by atoms with Crippen molar-refractivity contribution >= 4 is 15.9 Å². The summed E-state index contributed by atoms with van der Waals surface area (Å²) in [5, 5.41) is 0. The number of fused-ring (bicyclic) bond motifs is 1. The summed E-state index contributed by atoms with van der Waals surface area (Å²) in [5.74, 6) is 1.79. The Morgan fingerprint density at radius 2 is 1.90 bits per heavy atom. The van der Waals surface area contributed by atoms with Gasteiger partial charge >= 0.3 is 0 Å². The normalized spacial score (nSPS) is 32.6. The standard InChI is InChI=1S/C18H26BrNO/c1-17(2,3)12-6-8-18(9-7-12)11-15(20)14-10-13(19)4-5-16(14)21-18/h4-5,10,12,15H,6-9,11,20H2,1-3H3/t12?,15-,18?/m0/s1. The van der Waals surface area contributed by atoms with Crippen LogP contribution in [0.15, 0.2) is 22.7 Å². The Morgan fingerprint density at radius 3 is 2.52 bits per heavy atom. The minimum absolute atomic E-state index is 0.0258. The van der Waals surface area contributed by atoms with Gasteiger partial charge in [-0.2, -0.15) is 0 Å². The van der Waals surface area contributed by atoms with Crippen LogP contribution in [0.1, 0.15) is 64.5 Å². The van der Waals surface area contributed by atoms with Crippen LogP contribution < -0.4 is 10.5 Å². The molecule has 0 aromatic heterocycles. The Kier molecular flexibility index (Phi) is 3.86. The van der Waals surface area contributed by atoms with Gasteiger partial charge in [-0.3, -0.25) is 0 Å². The maximum Gasteiger partial charge on any atom is 0.124 e. The minimum atomic E-state index is -0.0258.